The second-order valence-corrected chi connectivity index (χ2v) is 6.40. The molecule has 122 valence electrons. The fourth-order valence-corrected chi connectivity index (χ4v) is 2.99. The van der Waals surface area contributed by atoms with Gasteiger partial charge in [0.25, 0.3) is 5.91 Å². The summed E-state index contributed by atoms with van der Waals surface area (Å²) in [6.07, 6.45) is 4.60. The summed E-state index contributed by atoms with van der Waals surface area (Å²) in [6, 6.07) is 4.88. The first-order valence-corrected chi connectivity index (χ1v) is 7.99. The van der Waals surface area contributed by atoms with Crippen LogP contribution in [-0.4, -0.2) is 36.5 Å². The smallest absolute Gasteiger partial charge is 0.255 e. The second kappa shape index (κ2) is 7.62. The average molecular weight is 347 g/mol. The maximum absolute atomic E-state index is 13.4. The maximum atomic E-state index is 13.4. The molecule has 0 radical (unpaired) electrons. The number of rotatable bonds is 4. The van der Waals surface area contributed by atoms with Gasteiger partial charge in [-0.2, -0.15) is 0 Å². The van der Waals surface area contributed by atoms with Gasteiger partial charge in [-0.15, -0.1) is 12.4 Å². The highest BCUT2D eigenvalue weighted by atomic mass is 35.5. The third-order valence-corrected chi connectivity index (χ3v) is 4.74. The lowest BCUT2D eigenvalue weighted by molar-refractivity contribution is 0.0704. The second-order valence-electron chi connectivity index (χ2n) is 6.02. The lowest BCUT2D eigenvalue weighted by Gasteiger charge is -2.32. The van der Waals surface area contributed by atoms with Crippen molar-refractivity contribution in [3.63, 3.8) is 0 Å². The van der Waals surface area contributed by atoms with Crippen LogP contribution in [0, 0.1) is 11.7 Å². The van der Waals surface area contributed by atoms with Crippen molar-refractivity contribution in [2.45, 2.75) is 31.7 Å². The minimum Gasteiger partial charge on any atom is -0.338 e. The van der Waals surface area contributed by atoms with E-state index in [1.165, 1.54) is 25.0 Å². The number of benzene rings is 1. The molecule has 0 aromatic heterocycles. The van der Waals surface area contributed by atoms with Gasteiger partial charge in [0.05, 0.1) is 10.6 Å². The molecule has 1 amide bonds. The van der Waals surface area contributed by atoms with Gasteiger partial charge in [0.15, 0.2) is 0 Å². The minimum atomic E-state index is -0.538. The van der Waals surface area contributed by atoms with Gasteiger partial charge in [0.2, 0.25) is 0 Å². The van der Waals surface area contributed by atoms with E-state index in [0.717, 1.165) is 25.3 Å². The van der Waals surface area contributed by atoms with Gasteiger partial charge in [0, 0.05) is 19.1 Å². The fourth-order valence-electron chi connectivity index (χ4n) is 2.78. The SMILES string of the molecule is Cl.O=C(c1cccc(F)c1Cl)N1CCC(NCC2CC2)CC1. The number of carbonyl (C=O) groups is 1. The number of likely N-dealkylation sites (tertiary alicyclic amines) is 1. The zero-order valence-corrected chi connectivity index (χ0v) is 13.9. The molecule has 0 bridgehead atoms. The van der Waals surface area contributed by atoms with Crippen LogP contribution < -0.4 is 5.32 Å². The van der Waals surface area contributed by atoms with Crippen LogP contribution in [0.25, 0.3) is 0 Å². The summed E-state index contributed by atoms with van der Waals surface area (Å²) in [4.78, 5) is 14.2. The zero-order chi connectivity index (χ0) is 14.8. The molecule has 1 saturated carbocycles. The molecule has 0 atom stereocenters. The fraction of sp³-hybridized carbons (Fsp3) is 0.562. The van der Waals surface area contributed by atoms with Gasteiger partial charge in [-0.25, -0.2) is 4.39 Å². The van der Waals surface area contributed by atoms with E-state index < -0.39 is 5.82 Å². The number of piperidine rings is 1. The van der Waals surface area contributed by atoms with Crippen molar-refractivity contribution in [1.29, 1.82) is 0 Å². The number of hydrogen-bond donors (Lipinski definition) is 1. The predicted molar refractivity (Wildman–Crippen MR) is 88.3 cm³/mol. The summed E-state index contributed by atoms with van der Waals surface area (Å²) in [5.41, 5.74) is 0.265. The van der Waals surface area contributed by atoms with E-state index in [9.17, 15) is 9.18 Å². The summed E-state index contributed by atoms with van der Waals surface area (Å²) in [5.74, 6) is 0.166. The molecule has 1 saturated heterocycles. The molecule has 1 heterocycles. The Kier molecular flexibility index (Phi) is 6.07. The van der Waals surface area contributed by atoms with Gasteiger partial charge in [-0.05, 0) is 50.3 Å². The molecule has 22 heavy (non-hydrogen) atoms. The van der Waals surface area contributed by atoms with Crippen LogP contribution in [0.1, 0.15) is 36.0 Å². The van der Waals surface area contributed by atoms with Crippen LogP contribution in [0.4, 0.5) is 4.39 Å². The molecule has 1 N–H and O–H groups in total. The van der Waals surface area contributed by atoms with Crippen molar-refractivity contribution < 1.29 is 9.18 Å². The molecule has 6 heteroatoms. The molecule has 0 spiro atoms. The molecule has 2 aliphatic rings. The lowest BCUT2D eigenvalue weighted by Crippen LogP contribution is -2.45. The van der Waals surface area contributed by atoms with E-state index in [1.54, 1.807) is 11.0 Å². The van der Waals surface area contributed by atoms with Crippen LogP contribution in [0.5, 0.6) is 0 Å². The van der Waals surface area contributed by atoms with Gasteiger partial charge in [-0.1, -0.05) is 17.7 Å². The van der Waals surface area contributed by atoms with Gasteiger partial charge in [-0.3, -0.25) is 4.79 Å². The van der Waals surface area contributed by atoms with E-state index in [1.807, 2.05) is 0 Å². The van der Waals surface area contributed by atoms with E-state index in [0.29, 0.717) is 19.1 Å². The number of amides is 1. The highest BCUT2D eigenvalue weighted by Gasteiger charge is 2.27. The summed E-state index contributed by atoms with van der Waals surface area (Å²) in [5, 5.41) is 3.51. The molecule has 2 fully saturated rings. The standard InChI is InChI=1S/C16H20ClFN2O.ClH/c17-15-13(2-1-3-14(15)18)16(21)20-8-6-12(7-9-20)19-10-11-4-5-11;/h1-3,11-12,19H,4-10H2;1H. The third kappa shape index (κ3) is 4.12. The molecule has 1 aliphatic carbocycles. The average Bonchev–Trinajstić information content (AvgIpc) is 3.32. The minimum absolute atomic E-state index is 0. The van der Waals surface area contributed by atoms with Crippen molar-refractivity contribution in [2.24, 2.45) is 5.92 Å². The largest absolute Gasteiger partial charge is 0.338 e. The van der Waals surface area contributed by atoms with Crippen LogP contribution in [0.15, 0.2) is 18.2 Å². The van der Waals surface area contributed by atoms with Crippen molar-refractivity contribution in [1.82, 2.24) is 10.2 Å². The number of nitrogens with one attached hydrogen (secondary N) is 1. The first-order chi connectivity index (χ1) is 10.1. The maximum Gasteiger partial charge on any atom is 0.255 e. The number of halogens is 3. The highest BCUT2D eigenvalue weighted by molar-refractivity contribution is 6.34. The molecule has 3 nitrogen and oxygen atoms in total. The quantitative estimate of drug-likeness (QED) is 0.904. The Morgan fingerprint density at radius 2 is 1.95 bits per heavy atom. The predicted octanol–water partition coefficient (Wildman–Crippen LogP) is 3.51. The van der Waals surface area contributed by atoms with Gasteiger partial charge in [0.1, 0.15) is 5.82 Å². The Morgan fingerprint density at radius 3 is 2.59 bits per heavy atom. The Bertz CT molecular complexity index is 529. The van der Waals surface area contributed by atoms with Crippen molar-refractivity contribution in [2.75, 3.05) is 19.6 Å². The summed E-state index contributed by atoms with van der Waals surface area (Å²) in [7, 11) is 0. The van der Waals surface area contributed by atoms with Crippen LogP contribution in [0.3, 0.4) is 0 Å². The molecule has 1 aliphatic heterocycles. The lowest BCUT2D eigenvalue weighted by atomic mass is 10.0. The van der Waals surface area contributed by atoms with Gasteiger partial charge < -0.3 is 10.2 Å². The van der Waals surface area contributed by atoms with Crippen molar-refractivity contribution in [3.8, 4) is 0 Å². The van der Waals surface area contributed by atoms with Crippen LogP contribution >= 0.6 is 24.0 Å². The summed E-state index contributed by atoms with van der Waals surface area (Å²) >= 11 is 5.89. The van der Waals surface area contributed by atoms with E-state index >= 15 is 0 Å². The Labute approximate surface area is 141 Å². The highest BCUT2D eigenvalue weighted by Crippen LogP contribution is 2.28. The van der Waals surface area contributed by atoms with E-state index in [4.69, 9.17) is 11.6 Å². The number of carbonyl (C=O) groups excluding carboxylic acids is 1. The van der Waals surface area contributed by atoms with Gasteiger partial charge >= 0.3 is 0 Å². The van der Waals surface area contributed by atoms with E-state index in [-0.39, 0.29) is 28.9 Å². The topological polar surface area (TPSA) is 32.3 Å². The number of hydrogen-bond acceptors (Lipinski definition) is 2. The summed E-state index contributed by atoms with van der Waals surface area (Å²) in [6.45, 7) is 2.51. The first-order valence-electron chi connectivity index (χ1n) is 7.62. The Morgan fingerprint density at radius 1 is 1.27 bits per heavy atom. The zero-order valence-electron chi connectivity index (χ0n) is 12.4. The van der Waals surface area contributed by atoms with Crippen molar-refractivity contribution in [3.05, 3.63) is 34.6 Å². The number of nitrogens with zero attached hydrogens (tertiary/aromatic N) is 1. The molecule has 1 aromatic rings. The Hall–Kier alpha value is -0.840. The third-order valence-electron chi connectivity index (χ3n) is 4.36. The molecular weight excluding hydrogens is 326 g/mol. The molecular formula is C16H21Cl2FN2O. The van der Waals surface area contributed by atoms with Crippen molar-refractivity contribution >= 4 is 29.9 Å². The summed E-state index contributed by atoms with van der Waals surface area (Å²) < 4.78 is 13.4. The van der Waals surface area contributed by atoms with Crippen LogP contribution in [-0.2, 0) is 0 Å². The Balaban J connectivity index is 0.00000176. The normalized spacial score (nSPS) is 18.9. The van der Waals surface area contributed by atoms with E-state index in [2.05, 4.69) is 5.32 Å². The first kappa shape index (κ1) is 17.5. The monoisotopic (exact) mass is 346 g/mol. The van der Waals surface area contributed by atoms with Crippen LogP contribution in [0.2, 0.25) is 5.02 Å². The molecule has 1 aromatic carbocycles. The molecule has 0 unspecified atom stereocenters. The molecule has 3 rings (SSSR count).